The first kappa shape index (κ1) is 19.2. The summed E-state index contributed by atoms with van der Waals surface area (Å²) in [7, 11) is -0.164. The molecule has 1 saturated heterocycles. The van der Waals surface area contributed by atoms with Gasteiger partial charge in [-0.15, -0.1) is 0 Å². The van der Waals surface area contributed by atoms with Crippen LogP contribution in [0.5, 0.6) is 0 Å². The number of carbonyl (C=O) groups excluding carboxylic acids is 1. The fourth-order valence-corrected chi connectivity index (χ4v) is 4.17. The van der Waals surface area contributed by atoms with E-state index in [4.69, 9.17) is 9.47 Å². The Morgan fingerprint density at radius 1 is 1.58 bits per heavy atom. The van der Waals surface area contributed by atoms with Crippen molar-refractivity contribution in [2.45, 2.75) is 23.3 Å². The standard InChI is InChI=1S/C13H21N3O6S2/c1-15-8-10(22-11(17)5-4-6-21-2)16(18,9-15)13-14-7-12(23-13)24(3,19)20/h7,10H,4-6,8-9H2,1-3H3. The number of sulfone groups is 1. The molecule has 0 spiro atoms. The van der Waals surface area contributed by atoms with E-state index >= 15 is 0 Å². The van der Waals surface area contributed by atoms with Crippen LogP contribution in [0.2, 0.25) is 0 Å². The number of ether oxygens (including phenoxy) is 2. The average molecular weight is 379 g/mol. The van der Waals surface area contributed by atoms with E-state index in [1.165, 1.54) is 6.20 Å². The van der Waals surface area contributed by atoms with Crippen molar-refractivity contribution < 1.29 is 22.7 Å². The summed E-state index contributed by atoms with van der Waals surface area (Å²) in [4.78, 5) is 17.6. The highest BCUT2D eigenvalue weighted by Gasteiger charge is 2.45. The van der Waals surface area contributed by atoms with Gasteiger partial charge in [0.15, 0.2) is 9.84 Å². The number of hydroxylamine groups is 2. The van der Waals surface area contributed by atoms with Crippen molar-refractivity contribution in [2.24, 2.45) is 0 Å². The molecule has 0 aliphatic carbocycles. The Kier molecular flexibility index (Phi) is 5.94. The third-order valence-electron chi connectivity index (χ3n) is 3.54. The summed E-state index contributed by atoms with van der Waals surface area (Å²) < 4.78 is 32.4. The fourth-order valence-electron chi connectivity index (χ4n) is 2.38. The molecule has 2 rings (SSSR count). The van der Waals surface area contributed by atoms with E-state index in [0.717, 1.165) is 17.6 Å². The average Bonchev–Trinajstić information content (AvgIpc) is 3.05. The minimum absolute atomic E-state index is 0.0191. The highest BCUT2D eigenvalue weighted by molar-refractivity contribution is 7.92. The van der Waals surface area contributed by atoms with Crippen LogP contribution in [0.15, 0.2) is 10.4 Å². The lowest BCUT2D eigenvalue weighted by molar-refractivity contribution is -0.153. The predicted molar refractivity (Wildman–Crippen MR) is 88.9 cm³/mol. The number of nitrogens with zero attached hydrogens (tertiary/aromatic N) is 3. The van der Waals surface area contributed by atoms with Gasteiger partial charge in [0.2, 0.25) is 0 Å². The molecule has 0 N–H and O–H groups in total. The summed E-state index contributed by atoms with van der Waals surface area (Å²) in [6, 6.07) is 0. The van der Waals surface area contributed by atoms with Crippen molar-refractivity contribution in [3.63, 3.8) is 0 Å². The molecule has 0 bridgehead atoms. The first-order valence-electron chi connectivity index (χ1n) is 7.29. The van der Waals surface area contributed by atoms with E-state index in [2.05, 4.69) is 4.98 Å². The SMILES string of the molecule is COCCCC(=O)OC1CN(C)C[N+]1([O-])c1ncc(S(C)(=O)=O)s1. The largest absolute Gasteiger partial charge is 0.622 e. The highest BCUT2D eigenvalue weighted by atomic mass is 32.2. The molecule has 0 amide bonds. The maximum Gasteiger partial charge on any atom is 0.310 e. The number of rotatable bonds is 7. The number of methoxy groups -OCH3 is 1. The van der Waals surface area contributed by atoms with Crippen molar-refractivity contribution >= 4 is 32.3 Å². The quantitative estimate of drug-likeness (QED) is 0.292. The van der Waals surface area contributed by atoms with E-state index < -0.39 is 26.7 Å². The number of esters is 1. The minimum atomic E-state index is -3.44. The van der Waals surface area contributed by atoms with Crippen LogP contribution in [0.4, 0.5) is 5.13 Å². The third kappa shape index (κ3) is 4.29. The minimum Gasteiger partial charge on any atom is -0.622 e. The van der Waals surface area contributed by atoms with Gasteiger partial charge in [0.25, 0.3) is 11.4 Å². The van der Waals surface area contributed by atoms with Crippen LogP contribution in [0.1, 0.15) is 12.8 Å². The van der Waals surface area contributed by atoms with E-state index in [1.807, 2.05) is 0 Å². The van der Waals surface area contributed by atoms with Gasteiger partial charge in [-0.2, -0.15) is 4.98 Å². The molecule has 136 valence electrons. The second kappa shape index (κ2) is 7.42. The molecule has 2 heterocycles. The van der Waals surface area contributed by atoms with Crippen molar-refractivity contribution in [2.75, 3.05) is 40.2 Å². The Hall–Kier alpha value is -1.11. The number of hydrogen-bond acceptors (Lipinski definition) is 9. The highest BCUT2D eigenvalue weighted by Crippen LogP contribution is 2.36. The van der Waals surface area contributed by atoms with Crippen LogP contribution in [-0.2, 0) is 24.1 Å². The molecule has 1 aliphatic heterocycles. The first-order valence-corrected chi connectivity index (χ1v) is 10.00. The van der Waals surface area contributed by atoms with Crippen LogP contribution in [-0.4, -0.2) is 70.7 Å². The van der Waals surface area contributed by atoms with Crippen molar-refractivity contribution in [1.82, 2.24) is 14.5 Å². The van der Waals surface area contributed by atoms with Crippen LogP contribution in [0.3, 0.4) is 0 Å². The molecule has 1 fully saturated rings. The van der Waals surface area contributed by atoms with Gasteiger partial charge in [0, 0.05) is 26.4 Å². The maximum atomic E-state index is 13.2. The lowest BCUT2D eigenvalue weighted by Gasteiger charge is -2.38. The van der Waals surface area contributed by atoms with Gasteiger partial charge >= 0.3 is 5.97 Å². The number of carbonyl (C=O) groups is 1. The van der Waals surface area contributed by atoms with Gasteiger partial charge < -0.3 is 14.7 Å². The number of hydrogen-bond donors (Lipinski definition) is 0. The van der Waals surface area contributed by atoms with Gasteiger partial charge in [-0.25, -0.2) is 13.3 Å². The Balaban J connectivity index is 2.16. The van der Waals surface area contributed by atoms with E-state index in [-0.39, 0.29) is 29.0 Å². The summed E-state index contributed by atoms with van der Waals surface area (Å²) in [5, 5.41) is 13.3. The predicted octanol–water partition coefficient (Wildman–Crippen LogP) is 0.550. The smallest absolute Gasteiger partial charge is 0.310 e. The molecular formula is C13H21N3O6S2. The fraction of sp³-hybridized carbons (Fsp3) is 0.692. The zero-order valence-electron chi connectivity index (χ0n) is 13.8. The summed E-state index contributed by atoms with van der Waals surface area (Å²) in [5.41, 5.74) is 0. The van der Waals surface area contributed by atoms with Gasteiger partial charge in [0.05, 0.1) is 12.7 Å². The van der Waals surface area contributed by atoms with Crippen molar-refractivity contribution in [3.8, 4) is 0 Å². The molecule has 24 heavy (non-hydrogen) atoms. The van der Waals surface area contributed by atoms with E-state index in [9.17, 15) is 18.4 Å². The number of quaternary nitrogens is 1. The van der Waals surface area contributed by atoms with Gasteiger partial charge in [-0.05, 0) is 24.8 Å². The van der Waals surface area contributed by atoms with E-state index in [1.54, 1.807) is 19.1 Å². The summed E-state index contributed by atoms with van der Waals surface area (Å²) in [6.07, 6.45) is 1.92. The summed E-state index contributed by atoms with van der Waals surface area (Å²) in [5.74, 6) is -0.481. The molecular weight excluding hydrogens is 358 g/mol. The normalized spacial score (nSPS) is 25.1. The molecule has 0 aromatic carbocycles. The van der Waals surface area contributed by atoms with Gasteiger partial charge in [-0.1, -0.05) is 0 Å². The summed E-state index contributed by atoms with van der Waals surface area (Å²) >= 11 is 0.813. The Morgan fingerprint density at radius 2 is 2.29 bits per heavy atom. The molecule has 1 aromatic heterocycles. The maximum absolute atomic E-state index is 13.2. The van der Waals surface area contributed by atoms with Crippen LogP contribution in [0.25, 0.3) is 0 Å². The molecule has 1 aromatic rings. The monoisotopic (exact) mass is 379 g/mol. The molecule has 9 nitrogen and oxygen atoms in total. The van der Waals surface area contributed by atoms with E-state index in [0.29, 0.717) is 13.0 Å². The number of likely N-dealkylation sites (N-methyl/N-ethyl adjacent to an activating group) is 1. The summed E-state index contributed by atoms with van der Waals surface area (Å²) in [6.45, 7) is 0.723. The Bertz CT molecular complexity index is 692. The first-order chi connectivity index (χ1) is 11.2. The zero-order valence-corrected chi connectivity index (χ0v) is 15.4. The van der Waals surface area contributed by atoms with Crippen LogP contribution in [0, 0.1) is 5.21 Å². The molecule has 0 saturated carbocycles. The molecule has 1 aliphatic rings. The molecule has 0 radical (unpaired) electrons. The topological polar surface area (TPSA) is 109 Å². The van der Waals surface area contributed by atoms with Crippen LogP contribution < -0.4 is 4.65 Å². The number of aromatic nitrogens is 1. The molecule has 11 heteroatoms. The van der Waals surface area contributed by atoms with Crippen LogP contribution >= 0.6 is 11.3 Å². The van der Waals surface area contributed by atoms with Gasteiger partial charge in [0.1, 0.15) is 10.9 Å². The lowest BCUT2D eigenvalue weighted by atomic mass is 10.3. The Labute approximate surface area is 144 Å². The second-order valence-corrected chi connectivity index (χ2v) is 9.00. The van der Waals surface area contributed by atoms with Crippen molar-refractivity contribution in [1.29, 1.82) is 0 Å². The van der Waals surface area contributed by atoms with Gasteiger partial charge in [-0.3, -0.25) is 9.44 Å². The zero-order chi connectivity index (χ0) is 18.0. The Morgan fingerprint density at radius 3 is 2.88 bits per heavy atom. The lowest BCUT2D eigenvalue weighted by Crippen LogP contribution is -2.50. The molecule has 2 unspecified atom stereocenters. The second-order valence-electron chi connectivity index (χ2n) is 5.75. The van der Waals surface area contributed by atoms with Crippen molar-refractivity contribution in [3.05, 3.63) is 11.4 Å². The third-order valence-corrected chi connectivity index (χ3v) is 6.44. The molecule has 2 atom stereocenters. The number of thiazole rings is 1.